The molecule has 15 heavy (non-hydrogen) atoms. The molecule has 0 aliphatic rings. The van der Waals surface area contributed by atoms with E-state index in [-0.39, 0.29) is 0 Å². The smallest absolute Gasteiger partial charge is 0.143 e. The molecule has 1 rings (SSSR count). The van der Waals surface area contributed by atoms with E-state index in [4.69, 9.17) is 5.73 Å². The minimum Gasteiger partial charge on any atom is -0.397 e. The van der Waals surface area contributed by atoms with E-state index in [1.54, 1.807) is 6.20 Å². The molecule has 0 fully saturated rings. The standard InChI is InChI=1S/C10H16BrN3S/c1-7-8(12)6-13-10(9(7)11)14(2)4-5-15-3/h6H,4-5,12H2,1-3H3. The maximum atomic E-state index is 5.77. The van der Waals surface area contributed by atoms with Crippen LogP contribution in [0.5, 0.6) is 0 Å². The van der Waals surface area contributed by atoms with Gasteiger partial charge in [-0.1, -0.05) is 0 Å². The van der Waals surface area contributed by atoms with Crippen LogP contribution in [0.25, 0.3) is 0 Å². The van der Waals surface area contributed by atoms with Gasteiger partial charge in [-0.05, 0) is 34.7 Å². The van der Waals surface area contributed by atoms with Crippen molar-refractivity contribution in [2.24, 2.45) is 0 Å². The molecular formula is C10H16BrN3S. The Morgan fingerprint density at radius 1 is 1.60 bits per heavy atom. The quantitative estimate of drug-likeness (QED) is 0.925. The van der Waals surface area contributed by atoms with Crippen LogP contribution in [-0.2, 0) is 0 Å². The highest BCUT2D eigenvalue weighted by atomic mass is 79.9. The van der Waals surface area contributed by atoms with Crippen LogP contribution >= 0.6 is 27.7 Å². The fraction of sp³-hybridized carbons (Fsp3) is 0.500. The van der Waals surface area contributed by atoms with E-state index in [0.717, 1.165) is 33.8 Å². The van der Waals surface area contributed by atoms with E-state index in [2.05, 4.69) is 32.1 Å². The van der Waals surface area contributed by atoms with Gasteiger partial charge in [0.05, 0.1) is 16.4 Å². The fourth-order valence-corrected chi connectivity index (χ4v) is 2.27. The van der Waals surface area contributed by atoms with Gasteiger partial charge in [0.15, 0.2) is 0 Å². The molecule has 0 aromatic carbocycles. The Labute approximate surface area is 104 Å². The number of nitrogen functional groups attached to an aromatic ring is 1. The van der Waals surface area contributed by atoms with E-state index in [1.807, 2.05) is 25.7 Å². The summed E-state index contributed by atoms with van der Waals surface area (Å²) in [6.45, 7) is 2.98. The highest BCUT2D eigenvalue weighted by molar-refractivity contribution is 9.10. The fourth-order valence-electron chi connectivity index (χ4n) is 1.18. The van der Waals surface area contributed by atoms with Gasteiger partial charge in [-0.15, -0.1) is 0 Å². The third-order valence-corrected chi connectivity index (χ3v) is 3.82. The molecule has 0 saturated carbocycles. The molecule has 0 amide bonds. The lowest BCUT2D eigenvalue weighted by atomic mass is 10.2. The summed E-state index contributed by atoms with van der Waals surface area (Å²) in [7, 11) is 2.04. The lowest BCUT2D eigenvalue weighted by molar-refractivity contribution is 0.940. The molecule has 0 saturated heterocycles. The van der Waals surface area contributed by atoms with Crippen LogP contribution in [-0.4, -0.2) is 30.6 Å². The molecule has 1 heterocycles. The zero-order chi connectivity index (χ0) is 11.4. The Bertz CT molecular complexity index is 344. The summed E-state index contributed by atoms with van der Waals surface area (Å²) < 4.78 is 0.992. The van der Waals surface area contributed by atoms with Crippen molar-refractivity contribution in [3.63, 3.8) is 0 Å². The van der Waals surface area contributed by atoms with Crippen molar-refractivity contribution in [3.8, 4) is 0 Å². The van der Waals surface area contributed by atoms with E-state index in [0.29, 0.717) is 0 Å². The van der Waals surface area contributed by atoms with Gasteiger partial charge in [0.2, 0.25) is 0 Å². The number of nitrogens with two attached hydrogens (primary N) is 1. The van der Waals surface area contributed by atoms with Crippen LogP contribution in [0.4, 0.5) is 11.5 Å². The molecule has 3 nitrogen and oxygen atoms in total. The number of thioether (sulfide) groups is 1. The molecule has 0 radical (unpaired) electrons. The Morgan fingerprint density at radius 3 is 2.87 bits per heavy atom. The molecular weight excluding hydrogens is 274 g/mol. The largest absolute Gasteiger partial charge is 0.397 e. The van der Waals surface area contributed by atoms with Crippen molar-refractivity contribution < 1.29 is 0 Å². The number of hydrogen-bond acceptors (Lipinski definition) is 4. The number of pyridine rings is 1. The van der Waals surface area contributed by atoms with E-state index >= 15 is 0 Å². The topological polar surface area (TPSA) is 42.2 Å². The second-order valence-electron chi connectivity index (χ2n) is 3.39. The molecule has 0 bridgehead atoms. The Kier molecular flexibility index (Phi) is 4.73. The predicted octanol–water partition coefficient (Wildman–Crippen LogP) is 2.53. The number of anilines is 2. The second kappa shape index (κ2) is 5.61. The molecule has 0 unspecified atom stereocenters. The minimum absolute atomic E-state index is 0.726. The summed E-state index contributed by atoms with van der Waals surface area (Å²) >= 11 is 5.36. The lowest BCUT2D eigenvalue weighted by Gasteiger charge is -2.20. The normalized spacial score (nSPS) is 10.4. The zero-order valence-electron chi connectivity index (χ0n) is 9.25. The minimum atomic E-state index is 0.726. The van der Waals surface area contributed by atoms with Crippen molar-refractivity contribution in [2.45, 2.75) is 6.92 Å². The van der Waals surface area contributed by atoms with E-state index in [1.165, 1.54) is 0 Å². The summed E-state index contributed by atoms with van der Waals surface area (Å²) in [5.74, 6) is 2.05. The molecule has 5 heteroatoms. The maximum absolute atomic E-state index is 5.77. The predicted molar refractivity (Wildman–Crippen MR) is 72.7 cm³/mol. The number of nitrogens with zero attached hydrogens (tertiary/aromatic N) is 2. The van der Waals surface area contributed by atoms with E-state index < -0.39 is 0 Å². The van der Waals surface area contributed by atoms with Gasteiger partial charge in [-0.25, -0.2) is 4.98 Å². The number of rotatable bonds is 4. The highest BCUT2D eigenvalue weighted by Crippen LogP contribution is 2.29. The zero-order valence-corrected chi connectivity index (χ0v) is 11.7. The average molecular weight is 290 g/mol. The lowest BCUT2D eigenvalue weighted by Crippen LogP contribution is -2.22. The van der Waals surface area contributed by atoms with Crippen LogP contribution in [0.1, 0.15) is 5.56 Å². The van der Waals surface area contributed by atoms with Gasteiger partial charge >= 0.3 is 0 Å². The molecule has 0 spiro atoms. The van der Waals surface area contributed by atoms with Gasteiger partial charge < -0.3 is 10.6 Å². The van der Waals surface area contributed by atoms with Gasteiger partial charge in [0, 0.05) is 19.3 Å². The van der Waals surface area contributed by atoms with Crippen molar-refractivity contribution in [1.29, 1.82) is 0 Å². The summed E-state index contributed by atoms with van der Waals surface area (Å²) in [4.78, 5) is 6.47. The van der Waals surface area contributed by atoms with Gasteiger partial charge in [-0.2, -0.15) is 11.8 Å². The van der Waals surface area contributed by atoms with Crippen LogP contribution < -0.4 is 10.6 Å². The van der Waals surface area contributed by atoms with Crippen LogP contribution in [0, 0.1) is 6.92 Å². The van der Waals surface area contributed by atoms with Crippen molar-refractivity contribution in [2.75, 3.05) is 36.2 Å². The molecule has 0 atom stereocenters. The van der Waals surface area contributed by atoms with Gasteiger partial charge in [0.1, 0.15) is 5.82 Å². The Morgan fingerprint density at radius 2 is 2.27 bits per heavy atom. The molecule has 2 N–H and O–H groups in total. The molecule has 0 aliphatic carbocycles. The first-order chi connectivity index (χ1) is 7.07. The summed E-state index contributed by atoms with van der Waals surface area (Å²) in [6, 6.07) is 0. The van der Waals surface area contributed by atoms with Gasteiger partial charge in [-0.3, -0.25) is 0 Å². The Hall–Kier alpha value is -0.420. The molecule has 0 aliphatic heterocycles. The second-order valence-corrected chi connectivity index (χ2v) is 5.17. The molecule has 1 aromatic rings. The van der Waals surface area contributed by atoms with Crippen molar-refractivity contribution in [1.82, 2.24) is 4.98 Å². The SMILES string of the molecule is CSCCN(C)c1ncc(N)c(C)c1Br. The van der Waals surface area contributed by atoms with Crippen molar-refractivity contribution in [3.05, 3.63) is 16.2 Å². The summed E-state index contributed by atoms with van der Waals surface area (Å²) in [5, 5.41) is 0. The number of hydrogen-bond donors (Lipinski definition) is 1. The van der Waals surface area contributed by atoms with Crippen LogP contribution in [0.2, 0.25) is 0 Å². The van der Waals surface area contributed by atoms with Crippen molar-refractivity contribution >= 4 is 39.2 Å². The molecule has 84 valence electrons. The monoisotopic (exact) mass is 289 g/mol. The van der Waals surface area contributed by atoms with Crippen LogP contribution in [0.3, 0.4) is 0 Å². The average Bonchev–Trinajstić information content (AvgIpc) is 2.23. The summed E-state index contributed by atoms with van der Waals surface area (Å²) in [6.07, 6.45) is 3.82. The first-order valence-corrected chi connectivity index (χ1v) is 6.87. The van der Waals surface area contributed by atoms with Crippen LogP contribution in [0.15, 0.2) is 10.7 Å². The highest BCUT2D eigenvalue weighted by Gasteiger charge is 2.10. The van der Waals surface area contributed by atoms with E-state index in [9.17, 15) is 0 Å². The third kappa shape index (κ3) is 3.01. The summed E-state index contributed by atoms with van der Waals surface area (Å²) in [5.41, 5.74) is 7.55. The molecule has 1 aromatic heterocycles. The number of halogens is 1. The first-order valence-electron chi connectivity index (χ1n) is 4.68. The third-order valence-electron chi connectivity index (χ3n) is 2.28. The number of aromatic nitrogens is 1. The maximum Gasteiger partial charge on any atom is 0.143 e. The first kappa shape index (κ1) is 12.6. The van der Waals surface area contributed by atoms with Gasteiger partial charge in [0.25, 0.3) is 0 Å². The Balaban J connectivity index is 2.90.